The molecule has 24 heavy (non-hydrogen) atoms. The minimum absolute atomic E-state index is 0.205. The van der Waals surface area contributed by atoms with Gasteiger partial charge in [-0.05, 0) is 23.8 Å². The van der Waals surface area contributed by atoms with E-state index in [1.54, 1.807) is 0 Å². The number of nitrogens with two attached hydrogens (primary N) is 1. The number of anilines is 1. The summed E-state index contributed by atoms with van der Waals surface area (Å²) in [6, 6.07) is 15.2. The Hall–Kier alpha value is -2.72. The van der Waals surface area contributed by atoms with Crippen LogP contribution in [-0.4, -0.2) is 9.97 Å². The zero-order valence-electron chi connectivity index (χ0n) is 13.5. The average molecular weight is 340 g/mol. The van der Waals surface area contributed by atoms with Gasteiger partial charge in [-0.3, -0.25) is 4.79 Å². The molecule has 0 unspecified atom stereocenters. The number of aromatic nitrogens is 2. The molecule has 4 N–H and O–H groups in total. The number of pyridine rings is 1. The maximum Gasteiger partial charge on any atom is 0.272 e. The molecule has 4 aromatic rings. The van der Waals surface area contributed by atoms with Gasteiger partial charge < -0.3 is 15.7 Å². The van der Waals surface area contributed by atoms with Gasteiger partial charge in [-0.1, -0.05) is 55.8 Å². The summed E-state index contributed by atoms with van der Waals surface area (Å²) in [5.74, 6) is 0. The van der Waals surface area contributed by atoms with E-state index in [9.17, 15) is 4.79 Å². The minimum Gasteiger partial charge on any atom is -0.394 e. The van der Waals surface area contributed by atoms with E-state index in [0.29, 0.717) is 10.6 Å². The molecule has 2 aromatic heterocycles. The summed E-state index contributed by atoms with van der Waals surface area (Å²) in [6.07, 6.45) is 0. The van der Waals surface area contributed by atoms with Crippen molar-refractivity contribution in [2.24, 2.45) is 0 Å². The van der Waals surface area contributed by atoms with Gasteiger partial charge in [0.2, 0.25) is 0 Å². The SMILES string of the molecule is CC.Nc1c(-c2ccccc2)c2[nH]c3ccc(Cl)cc3c2[nH]c1=O. The van der Waals surface area contributed by atoms with E-state index in [0.717, 1.165) is 27.5 Å². The number of hydrogen-bond donors (Lipinski definition) is 3. The molecule has 4 nitrogen and oxygen atoms in total. The number of aromatic amines is 2. The van der Waals surface area contributed by atoms with Crippen LogP contribution in [0.4, 0.5) is 5.69 Å². The zero-order chi connectivity index (χ0) is 17.3. The van der Waals surface area contributed by atoms with E-state index in [4.69, 9.17) is 17.3 Å². The zero-order valence-corrected chi connectivity index (χ0v) is 14.2. The number of rotatable bonds is 1. The monoisotopic (exact) mass is 339 g/mol. The van der Waals surface area contributed by atoms with E-state index >= 15 is 0 Å². The lowest BCUT2D eigenvalue weighted by Gasteiger charge is -2.07. The fourth-order valence-electron chi connectivity index (χ4n) is 2.82. The molecule has 0 aliphatic carbocycles. The van der Waals surface area contributed by atoms with Crippen molar-refractivity contribution in [2.45, 2.75) is 13.8 Å². The molecule has 122 valence electrons. The maximum absolute atomic E-state index is 12.2. The van der Waals surface area contributed by atoms with E-state index in [2.05, 4.69) is 9.97 Å². The van der Waals surface area contributed by atoms with E-state index in [-0.39, 0.29) is 11.2 Å². The van der Waals surface area contributed by atoms with Crippen molar-refractivity contribution in [3.63, 3.8) is 0 Å². The van der Waals surface area contributed by atoms with E-state index < -0.39 is 0 Å². The molecule has 0 saturated heterocycles. The molecule has 0 atom stereocenters. The Labute approximate surface area is 144 Å². The van der Waals surface area contributed by atoms with Gasteiger partial charge in [0.1, 0.15) is 5.69 Å². The van der Waals surface area contributed by atoms with Gasteiger partial charge in [0, 0.05) is 21.5 Å². The molecule has 0 spiro atoms. The molecule has 0 aliphatic rings. The molecular formula is C19H18ClN3O. The van der Waals surface area contributed by atoms with Crippen molar-refractivity contribution in [1.82, 2.24) is 9.97 Å². The third-order valence-corrected chi connectivity index (χ3v) is 4.06. The van der Waals surface area contributed by atoms with Crippen molar-refractivity contribution in [3.05, 3.63) is 63.9 Å². The van der Waals surface area contributed by atoms with Crippen molar-refractivity contribution >= 4 is 39.2 Å². The fraction of sp³-hybridized carbons (Fsp3) is 0.105. The fourth-order valence-corrected chi connectivity index (χ4v) is 2.99. The van der Waals surface area contributed by atoms with Crippen LogP contribution in [0.15, 0.2) is 53.3 Å². The summed E-state index contributed by atoms with van der Waals surface area (Å²) in [6.45, 7) is 4.00. The summed E-state index contributed by atoms with van der Waals surface area (Å²) < 4.78 is 0. The molecule has 2 heterocycles. The highest BCUT2D eigenvalue weighted by Crippen LogP contribution is 2.34. The maximum atomic E-state index is 12.2. The Kier molecular flexibility index (Phi) is 4.32. The highest BCUT2D eigenvalue weighted by molar-refractivity contribution is 6.31. The number of benzene rings is 2. The van der Waals surface area contributed by atoms with Gasteiger partial charge in [-0.25, -0.2) is 0 Å². The largest absolute Gasteiger partial charge is 0.394 e. The summed E-state index contributed by atoms with van der Waals surface area (Å²) in [4.78, 5) is 18.4. The van der Waals surface area contributed by atoms with Crippen LogP contribution < -0.4 is 11.3 Å². The van der Waals surface area contributed by atoms with Gasteiger partial charge in [-0.2, -0.15) is 0 Å². The highest BCUT2D eigenvalue weighted by atomic mass is 35.5. The first-order valence-corrected chi connectivity index (χ1v) is 8.21. The molecule has 2 aromatic carbocycles. The quantitative estimate of drug-likeness (QED) is 0.459. The van der Waals surface area contributed by atoms with Gasteiger partial charge in [0.15, 0.2) is 0 Å². The molecule has 5 heteroatoms. The Morgan fingerprint density at radius 3 is 2.38 bits per heavy atom. The van der Waals surface area contributed by atoms with Crippen LogP contribution in [0.25, 0.3) is 33.1 Å². The van der Waals surface area contributed by atoms with Crippen LogP contribution in [0.2, 0.25) is 5.02 Å². The summed E-state index contributed by atoms with van der Waals surface area (Å²) in [5.41, 5.74) is 9.99. The van der Waals surface area contributed by atoms with E-state index in [1.807, 2.05) is 62.4 Å². The summed E-state index contributed by atoms with van der Waals surface area (Å²) >= 11 is 6.07. The highest BCUT2D eigenvalue weighted by Gasteiger charge is 2.16. The van der Waals surface area contributed by atoms with Crippen molar-refractivity contribution in [3.8, 4) is 11.1 Å². The predicted molar refractivity (Wildman–Crippen MR) is 103 cm³/mol. The van der Waals surface area contributed by atoms with Gasteiger partial charge in [0.25, 0.3) is 5.56 Å². The molecule has 0 bridgehead atoms. The normalized spacial score (nSPS) is 10.6. The van der Waals surface area contributed by atoms with Crippen LogP contribution in [-0.2, 0) is 0 Å². The first-order valence-electron chi connectivity index (χ1n) is 7.83. The topological polar surface area (TPSA) is 74.7 Å². The van der Waals surface area contributed by atoms with Crippen LogP contribution in [0.3, 0.4) is 0 Å². The second kappa shape index (κ2) is 6.42. The van der Waals surface area contributed by atoms with Crippen molar-refractivity contribution in [2.75, 3.05) is 5.73 Å². The summed E-state index contributed by atoms with van der Waals surface area (Å²) in [7, 11) is 0. The van der Waals surface area contributed by atoms with Gasteiger partial charge in [-0.15, -0.1) is 0 Å². The Morgan fingerprint density at radius 1 is 0.958 bits per heavy atom. The molecule has 0 saturated carbocycles. The second-order valence-electron chi connectivity index (χ2n) is 5.17. The minimum atomic E-state index is -0.299. The first kappa shape index (κ1) is 16.1. The van der Waals surface area contributed by atoms with Crippen LogP contribution in [0, 0.1) is 0 Å². The van der Waals surface area contributed by atoms with Crippen molar-refractivity contribution < 1.29 is 0 Å². The number of hydrogen-bond acceptors (Lipinski definition) is 2. The molecule has 0 radical (unpaired) electrons. The lowest BCUT2D eigenvalue weighted by atomic mass is 10.0. The third kappa shape index (κ3) is 2.55. The lowest BCUT2D eigenvalue weighted by Crippen LogP contribution is -2.13. The number of halogens is 1. The molecule has 4 rings (SSSR count). The van der Waals surface area contributed by atoms with Gasteiger partial charge >= 0.3 is 0 Å². The molecule has 0 amide bonds. The number of nitrogen functional groups attached to an aromatic ring is 1. The first-order chi connectivity index (χ1) is 11.6. The van der Waals surface area contributed by atoms with E-state index in [1.165, 1.54) is 0 Å². The standard InChI is InChI=1S/C17H12ClN3O.C2H6/c18-10-6-7-12-11(8-10)15-16(20-12)13(14(19)17(22)21-15)9-4-2-1-3-5-9;1-2/h1-8,20H,19H2,(H,21,22);1-2H3. The van der Waals surface area contributed by atoms with Crippen molar-refractivity contribution in [1.29, 1.82) is 0 Å². The van der Waals surface area contributed by atoms with Crippen LogP contribution in [0.5, 0.6) is 0 Å². The lowest BCUT2D eigenvalue weighted by molar-refractivity contribution is 1.31. The second-order valence-corrected chi connectivity index (χ2v) is 5.61. The Balaban J connectivity index is 0.000000815. The number of H-pyrrole nitrogens is 2. The number of fused-ring (bicyclic) bond motifs is 3. The Bertz CT molecular complexity index is 1060. The molecule has 0 aliphatic heterocycles. The number of nitrogens with one attached hydrogen (secondary N) is 2. The summed E-state index contributed by atoms with van der Waals surface area (Å²) in [5, 5.41) is 1.49. The van der Waals surface area contributed by atoms with Gasteiger partial charge in [0.05, 0.1) is 11.0 Å². The average Bonchev–Trinajstić information content (AvgIpc) is 2.96. The van der Waals surface area contributed by atoms with Crippen LogP contribution >= 0.6 is 11.6 Å². The Morgan fingerprint density at radius 2 is 1.67 bits per heavy atom. The third-order valence-electron chi connectivity index (χ3n) is 3.83. The smallest absolute Gasteiger partial charge is 0.272 e. The molecular weight excluding hydrogens is 322 g/mol. The predicted octanol–water partition coefficient (Wildman–Crippen LogP) is 4.94. The molecule has 0 fully saturated rings. The van der Waals surface area contributed by atoms with Crippen LogP contribution in [0.1, 0.15) is 13.8 Å².